The molecule has 1 aliphatic heterocycles. The number of rotatable bonds is 2. The van der Waals surface area contributed by atoms with Crippen molar-refractivity contribution in [1.29, 1.82) is 0 Å². The van der Waals surface area contributed by atoms with Gasteiger partial charge < -0.3 is 10.6 Å². The standard InChI is InChI=1S/C16H17FN2/c17-14-5-1-12(2-6-14)13-3-7-16(8-4-13)19-10-9-15(18)11-19/h1-8,15H,9-11,18H2/t15-/m0/s1. The Morgan fingerprint density at radius 2 is 1.53 bits per heavy atom. The molecule has 0 spiro atoms. The van der Waals surface area contributed by atoms with E-state index in [1.165, 1.54) is 17.8 Å². The minimum absolute atomic E-state index is 0.202. The van der Waals surface area contributed by atoms with Gasteiger partial charge in [-0.15, -0.1) is 0 Å². The second kappa shape index (κ2) is 5.02. The smallest absolute Gasteiger partial charge is 0.123 e. The highest BCUT2D eigenvalue weighted by atomic mass is 19.1. The van der Waals surface area contributed by atoms with Crippen molar-refractivity contribution in [2.45, 2.75) is 12.5 Å². The average Bonchev–Trinajstić information content (AvgIpc) is 2.87. The largest absolute Gasteiger partial charge is 0.370 e. The van der Waals surface area contributed by atoms with Crippen LogP contribution in [-0.2, 0) is 0 Å². The van der Waals surface area contributed by atoms with Crippen LogP contribution < -0.4 is 10.6 Å². The lowest BCUT2D eigenvalue weighted by molar-refractivity contribution is 0.628. The number of nitrogens with zero attached hydrogens (tertiary/aromatic N) is 1. The van der Waals surface area contributed by atoms with E-state index < -0.39 is 0 Å². The van der Waals surface area contributed by atoms with Crippen LogP contribution in [0.1, 0.15) is 6.42 Å². The summed E-state index contributed by atoms with van der Waals surface area (Å²) in [6.45, 7) is 1.95. The second-order valence-electron chi connectivity index (χ2n) is 5.05. The van der Waals surface area contributed by atoms with Crippen molar-refractivity contribution in [2.75, 3.05) is 18.0 Å². The van der Waals surface area contributed by atoms with Crippen LogP contribution in [-0.4, -0.2) is 19.1 Å². The SMILES string of the molecule is N[C@H]1CCN(c2ccc(-c3ccc(F)cc3)cc2)C1. The van der Waals surface area contributed by atoms with Crippen LogP contribution in [0.15, 0.2) is 48.5 Å². The lowest BCUT2D eigenvalue weighted by Crippen LogP contribution is -2.26. The Bertz CT molecular complexity index is 548. The van der Waals surface area contributed by atoms with Gasteiger partial charge in [-0.1, -0.05) is 24.3 Å². The molecule has 19 heavy (non-hydrogen) atoms. The molecule has 0 aromatic heterocycles. The zero-order valence-electron chi connectivity index (χ0n) is 10.7. The first-order chi connectivity index (χ1) is 9.22. The molecule has 0 saturated carbocycles. The van der Waals surface area contributed by atoms with Gasteiger partial charge in [0.25, 0.3) is 0 Å². The van der Waals surface area contributed by atoms with Crippen LogP contribution in [0.5, 0.6) is 0 Å². The van der Waals surface area contributed by atoms with E-state index in [1.807, 2.05) is 0 Å². The summed E-state index contributed by atoms with van der Waals surface area (Å²) in [5, 5.41) is 0. The molecule has 3 heteroatoms. The molecule has 1 aliphatic rings. The maximum Gasteiger partial charge on any atom is 0.123 e. The number of halogens is 1. The first kappa shape index (κ1) is 12.2. The first-order valence-electron chi connectivity index (χ1n) is 6.59. The molecule has 1 heterocycles. The monoisotopic (exact) mass is 256 g/mol. The molecule has 2 aromatic rings. The fourth-order valence-electron chi connectivity index (χ4n) is 2.53. The predicted molar refractivity (Wildman–Crippen MR) is 76.6 cm³/mol. The van der Waals surface area contributed by atoms with Crippen LogP contribution in [0.4, 0.5) is 10.1 Å². The zero-order chi connectivity index (χ0) is 13.2. The molecule has 1 atom stereocenters. The number of anilines is 1. The summed E-state index contributed by atoms with van der Waals surface area (Å²) in [7, 11) is 0. The number of hydrogen-bond donors (Lipinski definition) is 1. The Balaban J connectivity index is 1.80. The van der Waals surface area contributed by atoms with E-state index in [9.17, 15) is 4.39 Å². The average molecular weight is 256 g/mol. The van der Waals surface area contributed by atoms with Gasteiger partial charge in [0.1, 0.15) is 5.82 Å². The molecule has 0 amide bonds. The molecule has 3 rings (SSSR count). The highest BCUT2D eigenvalue weighted by molar-refractivity contribution is 5.66. The highest BCUT2D eigenvalue weighted by Gasteiger charge is 2.18. The van der Waals surface area contributed by atoms with Crippen molar-refractivity contribution < 1.29 is 4.39 Å². The minimum Gasteiger partial charge on any atom is -0.370 e. The molecule has 0 radical (unpaired) electrons. The molecule has 2 aromatic carbocycles. The van der Waals surface area contributed by atoms with E-state index in [4.69, 9.17) is 5.73 Å². The van der Waals surface area contributed by atoms with E-state index in [2.05, 4.69) is 29.2 Å². The third kappa shape index (κ3) is 2.61. The van der Waals surface area contributed by atoms with Crippen LogP contribution >= 0.6 is 0 Å². The van der Waals surface area contributed by atoms with E-state index in [0.29, 0.717) is 0 Å². The van der Waals surface area contributed by atoms with Crippen LogP contribution in [0.2, 0.25) is 0 Å². The third-order valence-corrected chi connectivity index (χ3v) is 3.63. The van der Waals surface area contributed by atoms with Gasteiger partial charge in [0.2, 0.25) is 0 Å². The Morgan fingerprint density at radius 1 is 0.947 bits per heavy atom. The van der Waals surface area contributed by atoms with Gasteiger partial charge in [-0.2, -0.15) is 0 Å². The number of nitrogens with two attached hydrogens (primary N) is 1. The topological polar surface area (TPSA) is 29.3 Å². The fraction of sp³-hybridized carbons (Fsp3) is 0.250. The van der Waals surface area contributed by atoms with Gasteiger partial charge in [-0.3, -0.25) is 0 Å². The quantitative estimate of drug-likeness (QED) is 0.895. The summed E-state index contributed by atoms with van der Waals surface area (Å²) in [6.07, 6.45) is 1.06. The molecule has 2 nitrogen and oxygen atoms in total. The Labute approximate surface area is 112 Å². The number of benzene rings is 2. The summed E-state index contributed by atoms with van der Waals surface area (Å²) in [4.78, 5) is 2.30. The molecule has 0 bridgehead atoms. The van der Waals surface area contributed by atoms with E-state index in [0.717, 1.165) is 30.6 Å². The second-order valence-corrected chi connectivity index (χ2v) is 5.05. The van der Waals surface area contributed by atoms with Crippen molar-refractivity contribution >= 4 is 5.69 Å². The molecule has 2 N–H and O–H groups in total. The van der Waals surface area contributed by atoms with Crippen molar-refractivity contribution in [3.63, 3.8) is 0 Å². The van der Waals surface area contributed by atoms with Crippen molar-refractivity contribution in [3.8, 4) is 11.1 Å². The minimum atomic E-state index is -0.202. The maximum absolute atomic E-state index is 12.9. The molecule has 98 valence electrons. The highest BCUT2D eigenvalue weighted by Crippen LogP contribution is 2.25. The lowest BCUT2D eigenvalue weighted by Gasteiger charge is -2.18. The van der Waals surface area contributed by atoms with Crippen LogP contribution in [0.3, 0.4) is 0 Å². The van der Waals surface area contributed by atoms with E-state index >= 15 is 0 Å². The fourth-order valence-corrected chi connectivity index (χ4v) is 2.53. The lowest BCUT2D eigenvalue weighted by atomic mass is 10.1. The van der Waals surface area contributed by atoms with Crippen molar-refractivity contribution in [1.82, 2.24) is 0 Å². The van der Waals surface area contributed by atoms with Gasteiger partial charge in [0.15, 0.2) is 0 Å². The Kier molecular flexibility index (Phi) is 3.22. The van der Waals surface area contributed by atoms with Gasteiger partial charge in [-0.25, -0.2) is 4.39 Å². The molecular weight excluding hydrogens is 239 g/mol. The zero-order valence-corrected chi connectivity index (χ0v) is 10.7. The predicted octanol–water partition coefficient (Wildman–Crippen LogP) is 3.03. The van der Waals surface area contributed by atoms with Crippen LogP contribution in [0, 0.1) is 5.82 Å². The Hall–Kier alpha value is -1.87. The summed E-state index contributed by atoms with van der Waals surface area (Å²) < 4.78 is 12.9. The van der Waals surface area contributed by atoms with Crippen molar-refractivity contribution in [2.24, 2.45) is 5.73 Å². The van der Waals surface area contributed by atoms with E-state index in [1.54, 1.807) is 12.1 Å². The summed E-state index contributed by atoms with van der Waals surface area (Å²) >= 11 is 0. The molecule has 0 unspecified atom stereocenters. The van der Waals surface area contributed by atoms with Gasteiger partial charge in [0, 0.05) is 24.8 Å². The molecule has 1 fully saturated rings. The van der Waals surface area contributed by atoms with Gasteiger partial charge in [-0.05, 0) is 41.8 Å². The van der Waals surface area contributed by atoms with Crippen LogP contribution in [0.25, 0.3) is 11.1 Å². The van der Waals surface area contributed by atoms with E-state index in [-0.39, 0.29) is 11.9 Å². The molecule has 0 aliphatic carbocycles. The van der Waals surface area contributed by atoms with Gasteiger partial charge >= 0.3 is 0 Å². The summed E-state index contributed by atoms with van der Waals surface area (Å²) in [6, 6.07) is 15.2. The maximum atomic E-state index is 12.9. The van der Waals surface area contributed by atoms with Gasteiger partial charge in [0.05, 0.1) is 0 Å². The first-order valence-corrected chi connectivity index (χ1v) is 6.59. The summed E-state index contributed by atoms with van der Waals surface area (Å²) in [5.74, 6) is -0.202. The normalized spacial score (nSPS) is 18.8. The summed E-state index contributed by atoms with van der Waals surface area (Å²) in [5.41, 5.74) is 9.26. The van der Waals surface area contributed by atoms with Crippen molar-refractivity contribution in [3.05, 3.63) is 54.3 Å². The molecular formula is C16H17FN2. The Morgan fingerprint density at radius 3 is 2.05 bits per heavy atom. The third-order valence-electron chi connectivity index (χ3n) is 3.63. The molecule has 1 saturated heterocycles. The number of hydrogen-bond acceptors (Lipinski definition) is 2.